The zero-order valence-corrected chi connectivity index (χ0v) is 9.89. The molecule has 0 spiro atoms. The van der Waals surface area contributed by atoms with Gasteiger partial charge in [0.1, 0.15) is 0 Å². The van der Waals surface area contributed by atoms with Gasteiger partial charge in [-0.25, -0.2) is 0 Å². The number of rotatable bonds is 2. The van der Waals surface area contributed by atoms with Crippen molar-refractivity contribution in [1.29, 1.82) is 0 Å². The van der Waals surface area contributed by atoms with Crippen molar-refractivity contribution in [3.63, 3.8) is 0 Å². The smallest absolute Gasteiger partial charge is 0.160 e. The topological polar surface area (TPSA) is 20.3 Å². The number of anilines is 1. The molecule has 0 saturated heterocycles. The van der Waals surface area contributed by atoms with Gasteiger partial charge in [0.25, 0.3) is 0 Å². The Morgan fingerprint density at radius 1 is 1.33 bits per heavy atom. The molecule has 3 heteroatoms. The fourth-order valence-electron chi connectivity index (χ4n) is 1.62. The zero-order valence-electron chi connectivity index (χ0n) is 9.07. The van der Waals surface area contributed by atoms with Crippen molar-refractivity contribution in [3.05, 3.63) is 28.6 Å². The highest BCUT2D eigenvalue weighted by molar-refractivity contribution is 7.20. The predicted molar refractivity (Wildman–Crippen MR) is 66.3 cm³/mol. The Morgan fingerprint density at radius 2 is 2.07 bits per heavy atom. The van der Waals surface area contributed by atoms with E-state index in [9.17, 15) is 4.79 Å². The molecule has 15 heavy (non-hydrogen) atoms. The highest BCUT2D eigenvalue weighted by Gasteiger charge is 2.08. The van der Waals surface area contributed by atoms with Crippen LogP contribution in [-0.4, -0.2) is 20.4 Å². The highest BCUT2D eigenvalue weighted by atomic mass is 32.1. The Balaban J connectivity index is 2.70. The summed E-state index contributed by atoms with van der Waals surface area (Å²) in [6.45, 7) is 2.00. The molecule has 0 fully saturated rings. The summed E-state index contributed by atoms with van der Waals surface area (Å²) >= 11 is 1.56. The van der Waals surface area contributed by atoms with Crippen molar-refractivity contribution in [2.24, 2.45) is 0 Å². The maximum absolute atomic E-state index is 10.8. The first-order chi connectivity index (χ1) is 7.13. The number of hydrogen-bond donors (Lipinski definition) is 0. The summed E-state index contributed by atoms with van der Waals surface area (Å²) in [5, 5.41) is 1.19. The molecule has 0 N–H and O–H groups in total. The molecule has 78 valence electrons. The minimum atomic E-state index is 0.834. The summed E-state index contributed by atoms with van der Waals surface area (Å²) in [4.78, 5) is 13.7. The molecule has 0 amide bonds. The summed E-state index contributed by atoms with van der Waals surface area (Å²) < 4.78 is 1.18. The van der Waals surface area contributed by atoms with E-state index in [0.717, 1.165) is 16.7 Å². The van der Waals surface area contributed by atoms with Crippen LogP contribution in [0.5, 0.6) is 0 Å². The summed E-state index contributed by atoms with van der Waals surface area (Å²) in [6, 6.07) is 6.29. The van der Waals surface area contributed by atoms with E-state index in [4.69, 9.17) is 0 Å². The van der Waals surface area contributed by atoms with Gasteiger partial charge in [-0.1, -0.05) is 0 Å². The van der Waals surface area contributed by atoms with Crippen molar-refractivity contribution >= 4 is 33.4 Å². The molecule has 0 saturated carbocycles. The number of hydrogen-bond acceptors (Lipinski definition) is 3. The SMILES string of the molecule is Cc1c(C=O)sc2ccc(N(C)C)cc12. The Hall–Kier alpha value is -1.35. The third-order valence-corrected chi connectivity index (χ3v) is 3.78. The first kappa shape index (κ1) is 10.2. The Kier molecular flexibility index (Phi) is 2.49. The second kappa shape index (κ2) is 3.66. The minimum Gasteiger partial charge on any atom is -0.378 e. The van der Waals surface area contributed by atoms with Crippen LogP contribution in [0.15, 0.2) is 18.2 Å². The van der Waals surface area contributed by atoms with E-state index in [0.29, 0.717) is 0 Å². The van der Waals surface area contributed by atoms with Crippen LogP contribution in [0.25, 0.3) is 10.1 Å². The molecule has 2 rings (SSSR count). The number of aldehydes is 1. The molecule has 0 radical (unpaired) electrons. The molecule has 2 aromatic rings. The molecule has 0 unspecified atom stereocenters. The van der Waals surface area contributed by atoms with Crippen LogP contribution in [0.3, 0.4) is 0 Å². The number of benzene rings is 1. The van der Waals surface area contributed by atoms with Gasteiger partial charge in [-0.05, 0) is 36.1 Å². The Bertz CT molecular complexity index is 514. The average molecular weight is 219 g/mol. The van der Waals surface area contributed by atoms with Gasteiger partial charge in [0.05, 0.1) is 4.88 Å². The molecule has 1 aromatic carbocycles. The second-order valence-corrected chi connectivity index (χ2v) is 4.87. The molecule has 0 aliphatic carbocycles. The predicted octanol–water partition coefficient (Wildman–Crippen LogP) is 3.09. The molecule has 0 bridgehead atoms. The van der Waals surface area contributed by atoms with Crippen molar-refractivity contribution < 1.29 is 4.79 Å². The van der Waals surface area contributed by atoms with Gasteiger partial charge in [-0.2, -0.15) is 0 Å². The first-order valence-electron chi connectivity index (χ1n) is 4.79. The third-order valence-electron chi connectivity index (χ3n) is 2.58. The van der Waals surface area contributed by atoms with E-state index in [1.54, 1.807) is 11.3 Å². The van der Waals surface area contributed by atoms with Crippen molar-refractivity contribution in [2.75, 3.05) is 19.0 Å². The van der Waals surface area contributed by atoms with E-state index in [2.05, 4.69) is 23.1 Å². The molecular formula is C12H13NOS. The van der Waals surface area contributed by atoms with Crippen LogP contribution >= 0.6 is 11.3 Å². The van der Waals surface area contributed by atoms with Crippen molar-refractivity contribution in [2.45, 2.75) is 6.92 Å². The number of fused-ring (bicyclic) bond motifs is 1. The van der Waals surface area contributed by atoms with Gasteiger partial charge in [0.2, 0.25) is 0 Å². The molecule has 1 aromatic heterocycles. The van der Waals surface area contributed by atoms with Gasteiger partial charge in [-0.15, -0.1) is 11.3 Å². The van der Waals surface area contributed by atoms with E-state index in [1.165, 1.54) is 15.8 Å². The van der Waals surface area contributed by atoms with E-state index in [1.807, 2.05) is 21.0 Å². The normalized spacial score (nSPS) is 10.6. The molecule has 1 heterocycles. The van der Waals surface area contributed by atoms with Crippen LogP contribution in [0.1, 0.15) is 15.2 Å². The monoisotopic (exact) mass is 219 g/mol. The van der Waals surface area contributed by atoms with E-state index < -0.39 is 0 Å². The fraction of sp³-hybridized carbons (Fsp3) is 0.250. The number of carbonyl (C=O) groups excluding carboxylic acids is 1. The van der Waals surface area contributed by atoms with E-state index in [-0.39, 0.29) is 0 Å². The van der Waals surface area contributed by atoms with E-state index >= 15 is 0 Å². The number of carbonyl (C=O) groups is 1. The molecule has 2 nitrogen and oxygen atoms in total. The lowest BCUT2D eigenvalue weighted by atomic mass is 10.1. The first-order valence-corrected chi connectivity index (χ1v) is 5.61. The van der Waals surface area contributed by atoms with Crippen LogP contribution in [0.2, 0.25) is 0 Å². The van der Waals surface area contributed by atoms with Gasteiger partial charge in [0, 0.05) is 24.5 Å². The molecular weight excluding hydrogens is 206 g/mol. The number of aryl methyl sites for hydroxylation is 1. The van der Waals surface area contributed by atoms with Crippen molar-refractivity contribution in [1.82, 2.24) is 0 Å². The van der Waals surface area contributed by atoms with Crippen molar-refractivity contribution in [3.8, 4) is 0 Å². The summed E-state index contributed by atoms with van der Waals surface area (Å²) in [6.07, 6.45) is 0.940. The summed E-state index contributed by atoms with van der Waals surface area (Å²) in [7, 11) is 4.03. The van der Waals surface area contributed by atoms with Crippen LogP contribution in [-0.2, 0) is 0 Å². The molecule has 0 aliphatic heterocycles. The second-order valence-electron chi connectivity index (χ2n) is 3.78. The maximum atomic E-state index is 10.8. The average Bonchev–Trinajstić information content (AvgIpc) is 2.55. The van der Waals surface area contributed by atoms with Gasteiger partial charge < -0.3 is 4.90 Å². The lowest BCUT2D eigenvalue weighted by Gasteiger charge is -2.12. The Labute approximate surface area is 93.1 Å². The summed E-state index contributed by atoms with van der Waals surface area (Å²) in [5.74, 6) is 0. The lowest BCUT2D eigenvalue weighted by molar-refractivity contribution is 0.112. The van der Waals surface area contributed by atoms with Crippen LogP contribution < -0.4 is 4.90 Å². The highest BCUT2D eigenvalue weighted by Crippen LogP contribution is 2.32. The minimum absolute atomic E-state index is 0.834. The fourth-order valence-corrected chi connectivity index (χ4v) is 2.62. The standard InChI is InChI=1S/C12H13NOS/c1-8-10-6-9(13(2)3)4-5-11(10)15-12(8)7-14/h4-7H,1-3H3. The number of nitrogens with zero attached hydrogens (tertiary/aromatic N) is 1. The molecule has 0 aliphatic rings. The maximum Gasteiger partial charge on any atom is 0.160 e. The quantitative estimate of drug-likeness (QED) is 0.723. The van der Waals surface area contributed by atoms with Crippen LogP contribution in [0.4, 0.5) is 5.69 Å². The van der Waals surface area contributed by atoms with Gasteiger partial charge in [-0.3, -0.25) is 4.79 Å². The summed E-state index contributed by atoms with van der Waals surface area (Å²) in [5.41, 5.74) is 2.26. The number of thiophene rings is 1. The largest absolute Gasteiger partial charge is 0.378 e. The van der Waals surface area contributed by atoms with Crippen LogP contribution in [0, 0.1) is 6.92 Å². The third kappa shape index (κ3) is 1.63. The molecule has 0 atom stereocenters. The van der Waals surface area contributed by atoms with Gasteiger partial charge >= 0.3 is 0 Å². The Morgan fingerprint density at radius 3 is 2.67 bits per heavy atom. The zero-order chi connectivity index (χ0) is 11.0. The lowest BCUT2D eigenvalue weighted by Crippen LogP contribution is -2.07. The van der Waals surface area contributed by atoms with Gasteiger partial charge in [0.15, 0.2) is 6.29 Å².